The molecule has 0 N–H and O–H groups in total. The summed E-state index contributed by atoms with van der Waals surface area (Å²) in [4.78, 5) is 41.3. The number of nitrogens with zero attached hydrogens (tertiary/aromatic N) is 2. The fourth-order valence-corrected chi connectivity index (χ4v) is 5.46. The molecule has 3 amide bonds. The standard InChI is InChI=1S/C21H22N2O3/c1-11-4-3-5-13(8-11)22(12(2)24)10-23-20(25)18-14-6-7-15(17-9-16(14)17)19(18)21(23)26/h3-8,14-19H,9-10H2,1-2H3/t14-,15-,16-,17+,18-,19-/m1/s1. The molecule has 6 atom stereocenters. The molecule has 1 aliphatic heterocycles. The number of imide groups is 1. The number of carbonyl (C=O) groups is 3. The average molecular weight is 350 g/mol. The van der Waals surface area contributed by atoms with Gasteiger partial charge >= 0.3 is 0 Å². The fourth-order valence-electron chi connectivity index (χ4n) is 5.46. The number of aryl methyl sites for hydroxylation is 1. The Balaban J connectivity index is 1.45. The lowest BCUT2D eigenvalue weighted by Crippen LogP contribution is -2.44. The van der Waals surface area contributed by atoms with Crippen LogP contribution in [0.5, 0.6) is 0 Å². The zero-order valence-corrected chi connectivity index (χ0v) is 15.0. The van der Waals surface area contributed by atoms with Gasteiger partial charge in [-0.1, -0.05) is 24.3 Å². The van der Waals surface area contributed by atoms with E-state index in [-0.39, 0.29) is 48.1 Å². The van der Waals surface area contributed by atoms with Crippen LogP contribution in [0.25, 0.3) is 0 Å². The molecule has 1 heterocycles. The van der Waals surface area contributed by atoms with Crippen molar-refractivity contribution >= 4 is 23.4 Å². The van der Waals surface area contributed by atoms with Crippen LogP contribution in [0.15, 0.2) is 36.4 Å². The third-order valence-electron chi connectivity index (χ3n) is 6.73. The summed E-state index contributed by atoms with van der Waals surface area (Å²) >= 11 is 0. The second kappa shape index (κ2) is 5.29. The average Bonchev–Trinajstić information content (AvgIpc) is 3.39. The summed E-state index contributed by atoms with van der Waals surface area (Å²) in [5.41, 5.74) is 1.75. The SMILES string of the molecule is CC(=O)N(CN1C(=O)[C@@H]2[C@@H]3C=C[C@H]([C@@H]4C[C@H]34)[C@H]2C1=O)c1cccc(C)c1. The summed E-state index contributed by atoms with van der Waals surface area (Å²) in [6.45, 7) is 3.44. The van der Waals surface area contributed by atoms with Crippen LogP contribution in [0, 0.1) is 42.4 Å². The third-order valence-corrected chi connectivity index (χ3v) is 6.73. The summed E-state index contributed by atoms with van der Waals surface area (Å²) in [7, 11) is 0. The van der Waals surface area contributed by atoms with Gasteiger partial charge in [-0.3, -0.25) is 24.2 Å². The van der Waals surface area contributed by atoms with Gasteiger partial charge in [-0.15, -0.1) is 0 Å². The molecule has 2 bridgehead atoms. The Morgan fingerprint density at radius 1 is 1.12 bits per heavy atom. The van der Waals surface area contributed by atoms with Crippen molar-refractivity contribution in [1.82, 2.24) is 4.90 Å². The van der Waals surface area contributed by atoms with Crippen molar-refractivity contribution in [1.29, 1.82) is 0 Å². The molecule has 4 aliphatic carbocycles. The highest BCUT2D eigenvalue weighted by molar-refractivity contribution is 6.07. The van der Waals surface area contributed by atoms with Crippen molar-refractivity contribution in [2.75, 3.05) is 11.6 Å². The predicted octanol–water partition coefficient (Wildman–Crippen LogP) is 2.36. The summed E-state index contributed by atoms with van der Waals surface area (Å²) in [5.74, 6) is 0.803. The van der Waals surface area contributed by atoms with Gasteiger partial charge in [-0.2, -0.15) is 0 Å². The van der Waals surface area contributed by atoms with E-state index in [2.05, 4.69) is 12.2 Å². The largest absolute Gasteiger partial charge is 0.294 e. The molecule has 3 fully saturated rings. The first-order valence-corrected chi connectivity index (χ1v) is 9.35. The van der Waals surface area contributed by atoms with Crippen LogP contribution in [-0.4, -0.2) is 29.3 Å². The number of likely N-dealkylation sites (tertiary alicyclic amines) is 1. The molecular formula is C21H22N2O3. The molecule has 1 saturated heterocycles. The van der Waals surface area contributed by atoms with Crippen molar-refractivity contribution in [2.24, 2.45) is 35.5 Å². The lowest BCUT2D eigenvalue weighted by molar-refractivity contribution is -0.140. The van der Waals surface area contributed by atoms with E-state index >= 15 is 0 Å². The van der Waals surface area contributed by atoms with E-state index in [0.29, 0.717) is 11.8 Å². The first-order valence-electron chi connectivity index (χ1n) is 9.35. The lowest BCUT2D eigenvalue weighted by Gasteiger charge is -2.37. The van der Waals surface area contributed by atoms with Crippen molar-refractivity contribution in [2.45, 2.75) is 20.3 Å². The predicted molar refractivity (Wildman–Crippen MR) is 95.8 cm³/mol. The van der Waals surface area contributed by atoms with Crippen molar-refractivity contribution in [3.63, 3.8) is 0 Å². The van der Waals surface area contributed by atoms with E-state index in [0.717, 1.165) is 17.7 Å². The quantitative estimate of drug-likeness (QED) is 0.621. The molecule has 5 heteroatoms. The molecule has 0 unspecified atom stereocenters. The van der Waals surface area contributed by atoms with E-state index in [4.69, 9.17) is 0 Å². The van der Waals surface area contributed by atoms with Gasteiger partial charge in [0, 0.05) is 12.6 Å². The summed E-state index contributed by atoms with van der Waals surface area (Å²) in [6, 6.07) is 7.58. The van der Waals surface area contributed by atoms with Crippen LogP contribution in [0.4, 0.5) is 5.69 Å². The highest BCUT2D eigenvalue weighted by atomic mass is 16.2. The number of anilines is 1. The summed E-state index contributed by atoms with van der Waals surface area (Å²) in [5, 5.41) is 0. The first-order chi connectivity index (χ1) is 12.5. The van der Waals surface area contributed by atoms with E-state index in [1.54, 1.807) is 0 Å². The van der Waals surface area contributed by atoms with Crippen molar-refractivity contribution < 1.29 is 14.4 Å². The molecule has 0 spiro atoms. The highest BCUT2D eigenvalue weighted by Gasteiger charge is 2.67. The molecule has 5 nitrogen and oxygen atoms in total. The van der Waals surface area contributed by atoms with Crippen LogP contribution in [0.1, 0.15) is 18.9 Å². The second-order valence-electron chi connectivity index (χ2n) is 8.19. The van der Waals surface area contributed by atoms with Crippen LogP contribution in [0.2, 0.25) is 0 Å². The van der Waals surface area contributed by atoms with Gasteiger partial charge in [0.2, 0.25) is 17.7 Å². The number of allylic oxidation sites excluding steroid dienone is 2. The Bertz CT molecular complexity index is 825. The van der Waals surface area contributed by atoms with Gasteiger partial charge < -0.3 is 0 Å². The molecule has 1 aromatic rings. The molecule has 26 heavy (non-hydrogen) atoms. The molecular weight excluding hydrogens is 328 g/mol. The Labute approximate surface area is 152 Å². The van der Waals surface area contributed by atoms with E-state index < -0.39 is 0 Å². The Morgan fingerprint density at radius 2 is 1.73 bits per heavy atom. The minimum Gasteiger partial charge on any atom is -0.294 e. The van der Waals surface area contributed by atoms with Gasteiger partial charge in [0.05, 0.1) is 11.8 Å². The second-order valence-corrected chi connectivity index (χ2v) is 8.19. The molecule has 1 aromatic carbocycles. The molecule has 6 rings (SSSR count). The van der Waals surface area contributed by atoms with Gasteiger partial charge in [0.1, 0.15) is 6.67 Å². The Hall–Kier alpha value is -2.43. The molecule has 0 aromatic heterocycles. The van der Waals surface area contributed by atoms with Gasteiger partial charge in [-0.25, -0.2) is 0 Å². The number of amides is 3. The maximum atomic E-state index is 13.1. The topological polar surface area (TPSA) is 57.7 Å². The number of hydrogen-bond acceptors (Lipinski definition) is 3. The normalized spacial score (nSPS) is 36.2. The Morgan fingerprint density at radius 3 is 2.27 bits per heavy atom. The molecule has 134 valence electrons. The van der Waals surface area contributed by atoms with E-state index in [9.17, 15) is 14.4 Å². The first kappa shape index (κ1) is 15.8. The van der Waals surface area contributed by atoms with Crippen LogP contribution in [-0.2, 0) is 14.4 Å². The zero-order chi connectivity index (χ0) is 18.2. The monoisotopic (exact) mass is 350 g/mol. The lowest BCUT2D eigenvalue weighted by atomic mass is 9.63. The summed E-state index contributed by atoms with van der Waals surface area (Å²) < 4.78 is 0. The maximum Gasteiger partial charge on any atom is 0.235 e. The smallest absolute Gasteiger partial charge is 0.235 e. The van der Waals surface area contributed by atoms with Crippen LogP contribution in [0.3, 0.4) is 0 Å². The molecule has 0 radical (unpaired) electrons. The zero-order valence-electron chi connectivity index (χ0n) is 15.0. The number of hydrogen-bond donors (Lipinski definition) is 0. The highest BCUT2D eigenvalue weighted by Crippen LogP contribution is 2.65. The maximum absolute atomic E-state index is 13.1. The minimum absolute atomic E-state index is 0.0121. The van der Waals surface area contributed by atoms with Crippen LogP contribution >= 0.6 is 0 Å². The third kappa shape index (κ3) is 2.06. The van der Waals surface area contributed by atoms with Gasteiger partial charge in [-0.05, 0) is 54.7 Å². The molecule has 2 saturated carbocycles. The number of carbonyl (C=O) groups excluding carboxylic acids is 3. The summed E-state index contributed by atoms with van der Waals surface area (Å²) in [6.07, 6.45) is 5.48. The minimum atomic E-state index is -0.215. The number of benzene rings is 1. The van der Waals surface area contributed by atoms with Crippen molar-refractivity contribution in [3.05, 3.63) is 42.0 Å². The van der Waals surface area contributed by atoms with E-state index in [1.165, 1.54) is 16.7 Å². The fraction of sp³-hybridized carbons (Fsp3) is 0.476. The van der Waals surface area contributed by atoms with Crippen molar-refractivity contribution in [3.8, 4) is 0 Å². The van der Waals surface area contributed by atoms with E-state index in [1.807, 2.05) is 31.2 Å². The van der Waals surface area contributed by atoms with Gasteiger partial charge in [0.15, 0.2) is 0 Å². The van der Waals surface area contributed by atoms with Crippen LogP contribution < -0.4 is 4.90 Å². The number of rotatable bonds is 3. The Kier molecular flexibility index (Phi) is 3.21. The van der Waals surface area contributed by atoms with Gasteiger partial charge in [0.25, 0.3) is 0 Å². The molecule has 5 aliphatic rings.